The number of aliphatic hydroxyl groups is 4. The van der Waals surface area contributed by atoms with Crippen LogP contribution in [0.15, 0.2) is 48.1 Å². The van der Waals surface area contributed by atoms with Crippen LogP contribution in [-0.4, -0.2) is 62.2 Å². The zero-order valence-corrected chi connectivity index (χ0v) is 22.7. The Morgan fingerprint density at radius 2 is 1.86 bits per heavy atom. The fourth-order valence-corrected chi connectivity index (χ4v) is 4.58. The number of carbonyl (C=O) groups excluding carboxylic acids is 1. The zero-order valence-electron chi connectivity index (χ0n) is 22.7. The molecule has 0 radical (unpaired) electrons. The van der Waals surface area contributed by atoms with E-state index < -0.39 is 41.8 Å². The number of allylic oxidation sites excluding steroid dienone is 1. The number of fused-ring (bicyclic) bond motifs is 2. The van der Waals surface area contributed by atoms with Crippen LogP contribution in [0.2, 0.25) is 0 Å². The maximum atomic E-state index is 12.8. The van der Waals surface area contributed by atoms with Crippen molar-refractivity contribution in [2.45, 2.75) is 109 Å². The van der Waals surface area contributed by atoms with Crippen LogP contribution >= 0.6 is 0 Å². The largest absolute Gasteiger partial charge is 0.459 e. The lowest BCUT2D eigenvalue weighted by molar-refractivity contribution is -0.305. The summed E-state index contributed by atoms with van der Waals surface area (Å²) in [5, 5.41) is 43.1. The van der Waals surface area contributed by atoms with Crippen molar-refractivity contribution in [3.63, 3.8) is 0 Å². The number of ether oxygens (including phenoxy) is 2. The van der Waals surface area contributed by atoms with Crippen molar-refractivity contribution in [3.8, 4) is 0 Å². The summed E-state index contributed by atoms with van der Waals surface area (Å²) in [5.74, 6) is -2.86. The lowest BCUT2D eigenvalue weighted by Crippen LogP contribution is -2.56. The second kappa shape index (κ2) is 12.7. The molecule has 7 heteroatoms. The first-order valence-corrected chi connectivity index (χ1v) is 13.0. The van der Waals surface area contributed by atoms with Gasteiger partial charge in [-0.2, -0.15) is 0 Å². The number of aliphatic hydroxyl groups excluding tert-OH is 2. The van der Waals surface area contributed by atoms with E-state index in [-0.39, 0.29) is 24.2 Å². The molecule has 36 heavy (non-hydrogen) atoms. The molecule has 4 N–H and O–H groups in total. The van der Waals surface area contributed by atoms with Crippen molar-refractivity contribution in [1.29, 1.82) is 0 Å². The summed E-state index contributed by atoms with van der Waals surface area (Å²) in [7, 11) is 0. The number of carbonyl (C=O) groups is 1. The van der Waals surface area contributed by atoms with Crippen molar-refractivity contribution < 1.29 is 34.7 Å². The predicted octanol–water partition coefficient (Wildman–Crippen LogP) is 3.97. The van der Waals surface area contributed by atoms with Crippen LogP contribution < -0.4 is 0 Å². The fraction of sp³-hybridized carbons (Fsp3) is 0.690. The quantitative estimate of drug-likeness (QED) is 0.338. The van der Waals surface area contributed by atoms with Gasteiger partial charge in [0, 0.05) is 18.4 Å². The smallest absolute Gasteiger partial charge is 0.330 e. The monoisotopic (exact) mass is 506 g/mol. The maximum absolute atomic E-state index is 12.8. The molecule has 7 nitrogen and oxygen atoms in total. The Morgan fingerprint density at radius 1 is 1.19 bits per heavy atom. The Bertz CT molecular complexity index is 856. The molecule has 1 fully saturated rings. The average Bonchev–Trinajstić information content (AvgIpc) is 2.76. The number of cyclic esters (lactones) is 1. The van der Waals surface area contributed by atoms with Crippen molar-refractivity contribution in [2.75, 3.05) is 0 Å². The number of esters is 1. The highest BCUT2D eigenvalue weighted by Gasteiger charge is 2.49. The average molecular weight is 507 g/mol. The lowest BCUT2D eigenvalue weighted by Gasteiger charge is -2.45. The highest BCUT2D eigenvalue weighted by molar-refractivity contribution is 5.83. The van der Waals surface area contributed by atoms with Crippen LogP contribution in [0, 0.1) is 17.8 Å². The topological polar surface area (TPSA) is 116 Å². The Hall–Kier alpha value is -1.77. The van der Waals surface area contributed by atoms with E-state index in [0.717, 1.165) is 5.57 Å². The van der Waals surface area contributed by atoms with Gasteiger partial charge in [0.15, 0.2) is 0 Å². The van der Waals surface area contributed by atoms with Crippen molar-refractivity contribution >= 4 is 5.97 Å². The third-order valence-corrected chi connectivity index (χ3v) is 7.75. The van der Waals surface area contributed by atoms with Gasteiger partial charge >= 0.3 is 5.97 Å². The molecule has 2 bridgehead atoms. The van der Waals surface area contributed by atoms with E-state index in [1.807, 2.05) is 20.8 Å². The molecule has 0 aliphatic carbocycles. The highest BCUT2D eigenvalue weighted by Crippen LogP contribution is 2.39. The van der Waals surface area contributed by atoms with Gasteiger partial charge in [-0.1, -0.05) is 62.8 Å². The lowest BCUT2D eigenvalue weighted by atomic mass is 9.83. The first-order valence-electron chi connectivity index (χ1n) is 13.0. The molecule has 204 valence electrons. The normalized spacial score (nSPS) is 42.2. The van der Waals surface area contributed by atoms with Crippen LogP contribution in [0.25, 0.3) is 0 Å². The standard InChI is InChI=1S/C29H46O7/c1-18-14-24-11-8-12-25(31)22(5)20(3)16-27(32)35-26(15-21(4)23(6)30)19(2)10-9-13-28(7,33)29(34,17-18)36-24/h8-9,12-13,16,19,21-26,30-31,33-34H,1,10-11,14-15,17H2,2-7H3/b12-8+,13-9+,20-16-/t19-,21-,22+,23-,24-,25-,26+,28+,29-/m0/s1. The van der Waals surface area contributed by atoms with Gasteiger partial charge in [-0.05, 0) is 58.3 Å². The van der Waals surface area contributed by atoms with Gasteiger partial charge in [0.1, 0.15) is 11.7 Å². The van der Waals surface area contributed by atoms with Gasteiger partial charge in [0.25, 0.3) is 0 Å². The van der Waals surface area contributed by atoms with Crippen molar-refractivity contribution in [2.24, 2.45) is 17.8 Å². The second-order valence-electron chi connectivity index (χ2n) is 11.2. The summed E-state index contributed by atoms with van der Waals surface area (Å²) in [6.07, 6.45) is 7.94. The minimum Gasteiger partial charge on any atom is -0.459 e. The molecule has 2 heterocycles. The molecule has 0 aromatic heterocycles. The third-order valence-electron chi connectivity index (χ3n) is 7.75. The molecule has 2 aliphatic rings. The van der Waals surface area contributed by atoms with Gasteiger partial charge in [-0.15, -0.1) is 0 Å². The van der Waals surface area contributed by atoms with Crippen molar-refractivity contribution in [1.82, 2.24) is 0 Å². The third kappa shape index (κ3) is 8.12. The van der Waals surface area contributed by atoms with Gasteiger partial charge in [0.2, 0.25) is 5.79 Å². The maximum Gasteiger partial charge on any atom is 0.330 e. The molecular formula is C29H46O7. The summed E-state index contributed by atoms with van der Waals surface area (Å²) < 4.78 is 11.8. The Balaban J connectivity index is 2.41. The molecule has 0 unspecified atom stereocenters. The minimum absolute atomic E-state index is 0.0922. The van der Waals surface area contributed by atoms with Crippen LogP contribution in [0.1, 0.15) is 73.6 Å². The molecule has 2 aliphatic heterocycles. The Kier molecular flexibility index (Phi) is 10.7. The number of rotatable bonds is 3. The van der Waals surface area contributed by atoms with Crippen LogP contribution in [0.4, 0.5) is 0 Å². The van der Waals surface area contributed by atoms with E-state index in [1.54, 1.807) is 32.1 Å². The van der Waals surface area contributed by atoms with E-state index in [4.69, 9.17) is 9.47 Å². The summed E-state index contributed by atoms with van der Waals surface area (Å²) in [6, 6.07) is 0. The summed E-state index contributed by atoms with van der Waals surface area (Å²) >= 11 is 0. The van der Waals surface area contributed by atoms with E-state index in [2.05, 4.69) is 6.58 Å². The van der Waals surface area contributed by atoms with Gasteiger partial charge in [-0.25, -0.2) is 4.79 Å². The molecule has 0 saturated carbocycles. The first-order chi connectivity index (χ1) is 16.6. The Labute approximate surface area is 216 Å². The Morgan fingerprint density at radius 3 is 2.50 bits per heavy atom. The predicted molar refractivity (Wildman–Crippen MR) is 140 cm³/mol. The minimum atomic E-state index is -1.84. The zero-order chi connectivity index (χ0) is 27.3. The molecular weight excluding hydrogens is 460 g/mol. The summed E-state index contributed by atoms with van der Waals surface area (Å²) in [6.45, 7) is 14.7. The highest BCUT2D eigenvalue weighted by atomic mass is 16.6. The molecule has 1 saturated heterocycles. The van der Waals surface area contributed by atoms with Crippen LogP contribution in [-0.2, 0) is 14.3 Å². The molecule has 0 aromatic carbocycles. The molecule has 2 rings (SSSR count). The second-order valence-corrected chi connectivity index (χ2v) is 11.2. The van der Waals surface area contributed by atoms with E-state index in [0.29, 0.717) is 31.3 Å². The van der Waals surface area contributed by atoms with Crippen molar-refractivity contribution in [3.05, 3.63) is 48.1 Å². The van der Waals surface area contributed by atoms with E-state index >= 15 is 0 Å². The molecule has 0 amide bonds. The molecule has 0 spiro atoms. The number of hydrogen-bond donors (Lipinski definition) is 4. The van der Waals surface area contributed by atoms with Crippen LogP contribution in [0.5, 0.6) is 0 Å². The van der Waals surface area contributed by atoms with E-state index in [1.165, 1.54) is 19.1 Å². The molecule has 0 aromatic rings. The van der Waals surface area contributed by atoms with E-state index in [9.17, 15) is 25.2 Å². The summed E-state index contributed by atoms with van der Waals surface area (Å²) in [5.41, 5.74) is -0.206. The first kappa shape index (κ1) is 30.5. The van der Waals surface area contributed by atoms with Gasteiger partial charge in [-0.3, -0.25) is 0 Å². The van der Waals surface area contributed by atoms with Gasteiger partial charge < -0.3 is 29.9 Å². The summed E-state index contributed by atoms with van der Waals surface area (Å²) in [4.78, 5) is 12.8. The fourth-order valence-electron chi connectivity index (χ4n) is 4.58. The SMILES string of the molecule is C=C1C[C@@H]2C/C=C/[C@H](O)[C@H](C)/C(C)=C\C(=O)O[C@H](C[C@H](C)[C@H](C)O)[C@@H](C)C/C=C/[C@@](C)(O)[C@](O)(C1)O2. The number of hydrogen-bond acceptors (Lipinski definition) is 7. The van der Waals surface area contributed by atoms with Gasteiger partial charge in [0.05, 0.1) is 18.3 Å². The molecule has 9 atom stereocenters. The van der Waals surface area contributed by atoms with Crippen LogP contribution in [0.3, 0.4) is 0 Å².